The minimum atomic E-state index is -1.38. The quantitative estimate of drug-likeness (QED) is 0.498. The van der Waals surface area contributed by atoms with Gasteiger partial charge < -0.3 is 29.9 Å². The summed E-state index contributed by atoms with van der Waals surface area (Å²) in [5, 5.41) is 38.3. The van der Waals surface area contributed by atoms with E-state index in [9.17, 15) is 15.3 Å². The molecule has 132 valence electrons. The fourth-order valence-electron chi connectivity index (χ4n) is 2.61. The number of hydrogen-bond acceptors (Lipinski definition) is 6. The molecule has 1 fully saturated rings. The first-order valence-corrected chi connectivity index (χ1v) is 8.28. The van der Waals surface area contributed by atoms with E-state index in [0.29, 0.717) is 12.5 Å². The highest BCUT2D eigenvalue weighted by atomic mass is 16.7. The molecule has 22 heavy (non-hydrogen) atoms. The lowest BCUT2D eigenvalue weighted by atomic mass is 9.97. The van der Waals surface area contributed by atoms with Crippen LogP contribution in [0.15, 0.2) is 0 Å². The highest BCUT2D eigenvalue weighted by Gasteiger charge is 2.43. The number of hydrogen-bond donors (Lipinski definition) is 4. The Labute approximate surface area is 133 Å². The molecule has 6 heteroatoms. The molecular formula is C16H32O6. The summed E-state index contributed by atoms with van der Waals surface area (Å²) in [5.41, 5.74) is 0. The van der Waals surface area contributed by atoms with Crippen molar-refractivity contribution in [1.82, 2.24) is 0 Å². The highest BCUT2D eigenvalue weighted by Crippen LogP contribution is 2.23. The Morgan fingerprint density at radius 1 is 0.955 bits per heavy atom. The third kappa shape index (κ3) is 6.10. The van der Waals surface area contributed by atoms with E-state index < -0.39 is 37.3 Å². The maximum absolute atomic E-state index is 9.85. The third-order valence-corrected chi connectivity index (χ3v) is 4.22. The van der Waals surface area contributed by atoms with Crippen LogP contribution in [-0.2, 0) is 9.47 Å². The van der Waals surface area contributed by atoms with E-state index in [1.54, 1.807) is 0 Å². The van der Waals surface area contributed by atoms with Crippen molar-refractivity contribution in [3.63, 3.8) is 0 Å². The fourth-order valence-corrected chi connectivity index (χ4v) is 2.61. The molecular weight excluding hydrogens is 288 g/mol. The van der Waals surface area contributed by atoms with Crippen molar-refractivity contribution >= 4 is 0 Å². The molecule has 0 amide bonds. The van der Waals surface area contributed by atoms with Gasteiger partial charge in [-0.1, -0.05) is 40.0 Å². The van der Waals surface area contributed by atoms with Crippen LogP contribution in [0.25, 0.3) is 0 Å². The van der Waals surface area contributed by atoms with Crippen LogP contribution in [0.1, 0.15) is 46.5 Å². The van der Waals surface area contributed by atoms with Crippen LogP contribution in [0.4, 0.5) is 0 Å². The highest BCUT2D eigenvalue weighted by molar-refractivity contribution is 4.88. The Bertz CT molecular complexity index is 296. The lowest BCUT2D eigenvalue weighted by molar-refractivity contribution is -0.301. The van der Waals surface area contributed by atoms with Crippen molar-refractivity contribution in [2.75, 3.05) is 13.2 Å². The third-order valence-electron chi connectivity index (χ3n) is 4.22. The van der Waals surface area contributed by atoms with E-state index in [0.717, 1.165) is 18.8 Å². The minimum absolute atomic E-state index is 0.408. The van der Waals surface area contributed by atoms with Crippen molar-refractivity contribution in [2.45, 2.75) is 77.2 Å². The average molecular weight is 320 g/mol. The standard InChI is InChI=1S/C16H32O6/c1-10(2)5-4-6-11(3)7-8-21-16-15(20)14(19)13(18)12(9-17)22-16/h10-20H,4-9H2,1-3H3/t11?,12-,13+,14+,15-,16-/m1/s1. The van der Waals surface area contributed by atoms with Crippen LogP contribution in [0, 0.1) is 11.8 Å². The van der Waals surface area contributed by atoms with Gasteiger partial charge in [0.05, 0.1) is 13.2 Å². The molecule has 1 unspecified atom stereocenters. The molecule has 6 atom stereocenters. The second-order valence-electron chi connectivity index (χ2n) is 6.79. The topological polar surface area (TPSA) is 99.4 Å². The number of ether oxygens (including phenoxy) is 2. The van der Waals surface area contributed by atoms with Gasteiger partial charge in [0.2, 0.25) is 0 Å². The first-order chi connectivity index (χ1) is 10.4. The van der Waals surface area contributed by atoms with Gasteiger partial charge in [-0.15, -0.1) is 0 Å². The molecule has 0 bridgehead atoms. The van der Waals surface area contributed by atoms with Crippen molar-refractivity contribution in [3.8, 4) is 0 Å². The van der Waals surface area contributed by atoms with Crippen molar-refractivity contribution < 1.29 is 29.9 Å². The summed E-state index contributed by atoms with van der Waals surface area (Å²) in [5.74, 6) is 1.24. The van der Waals surface area contributed by atoms with E-state index in [1.807, 2.05) is 0 Å². The Balaban J connectivity index is 2.28. The summed E-state index contributed by atoms with van der Waals surface area (Å²) < 4.78 is 10.8. The average Bonchev–Trinajstić information content (AvgIpc) is 2.47. The summed E-state index contributed by atoms with van der Waals surface area (Å²) in [4.78, 5) is 0. The Hall–Kier alpha value is -0.240. The Kier molecular flexibility index (Phi) is 8.82. The predicted octanol–water partition coefficient (Wildman–Crippen LogP) is 0.655. The summed E-state index contributed by atoms with van der Waals surface area (Å²) >= 11 is 0. The first-order valence-electron chi connectivity index (χ1n) is 8.28. The Morgan fingerprint density at radius 3 is 2.23 bits per heavy atom. The van der Waals surface area contributed by atoms with Gasteiger partial charge in [-0.05, 0) is 18.3 Å². The zero-order valence-electron chi connectivity index (χ0n) is 13.9. The largest absolute Gasteiger partial charge is 0.394 e. The molecule has 0 saturated carbocycles. The molecule has 0 aromatic rings. The van der Waals surface area contributed by atoms with Gasteiger partial charge in [0.25, 0.3) is 0 Å². The van der Waals surface area contributed by atoms with Crippen LogP contribution < -0.4 is 0 Å². The number of aliphatic hydroxyl groups excluding tert-OH is 4. The van der Waals surface area contributed by atoms with Crippen LogP contribution in [0.5, 0.6) is 0 Å². The summed E-state index contributed by atoms with van der Waals surface area (Å²) in [6, 6.07) is 0. The zero-order chi connectivity index (χ0) is 16.7. The fraction of sp³-hybridized carbons (Fsp3) is 1.00. The number of aliphatic hydroxyl groups is 4. The van der Waals surface area contributed by atoms with Crippen LogP contribution in [-0.4, -0.2) is 64.3 Å². The van der Waals surface area contributed by atoms with Crippen LogP contribution in [0.3, 0.4) is 0 Å². The van der Waals surface area contributed by atoms with Gasteiger partial charge in [-0.2, -0.15) is 0 Å². The van der Waals surface area contributed by atoms with E-state index in [-0.39, 0.29) is 0 Å². The Morgan fingerprint density at radius 2 is 1.64 bits per heavy atom. The maximum Gasteiger partial charge on any atom is 0.186 e. The van der Waals surface area contributed by atoms with E-state index in [4.69, 9.17) is 14.6 Å². The second-order valence-corrected chi connectivity index (χ2v) is 6.79. The van der Waals surface area contributed by atoms with E-state index >= 15 is 0 Å². The number of rotatable bonds is 9. The summed E-state index contributed by atoms with van der Waals surface area (Å²) in [7, 11) is 0. The molecule has 1 rings (SSSR count). The monoisotopic (exact) mass is 320 g/mol. The molecule has 0 aromatic heterocycles. The lowest BCUT2D eigenvalue weighted by Gasteiger charge is -2.39. The van der Waals surface area contributed by atoms with Gasteiger partial charge in [-0.25, -0.2) is 0 Å². The summed E-state index contributed by atoms with van der Waals surface area (Å²) in [6.45, 7) is 6.57. The lowest BCUT2D eigenvalue weighted by Crippen LogP contribution is -2.59. The zero-order valence-corrected chi connectivity index (χ0v) is 13.9. The molecule has 1 saturated heterocycles. The van der Waals surface area contributed by atoms with E-state index in [2.05, 4.69) is 20.8 Å². The molecule has 0 spiro atoms. The normalized spacial score (nSPS) is 34.1. The molecule has 6 nitrogen and oxygen atoms in total. The molecule has 1 aliphatic heterocycles. The molecule has 4 N–H and O–H groups in total. The molecule has 0 aromatic carbocycles. The maximum atomic E-state index is 9.85. The van der Waals surface area contributed by atoms with Gasteiger partial charge in [0, 0.05) is 0 Å². The van der Waals surface area contributed by atoms with Crippen LogP contribution >= 0.6 is 0 Å². The molecule has 0 radical (unpaired) electrons. The van der Waals surface area contributed by atoms with Gasteiger partial charge in [-0.3, -0.25) is 0 Å². The molecule has 1 heterocycles. The summed E-state index contributed by atoms with van der Waals surface area (Å²) in [6.07, 6.45) is -1.56. The van der Waals surface area contributed by atoms with Crippen LogP contribution in [0.2, 0.25) is 0 Å². The molecule has 1 aliphatic rings. The van der Waals surface area contributed by atoms with Crippen molar-refractivity contribution in [2.24, 2.45) is 11.8 Å². The van der Waals surface area contributed by atoms with E-state index in [1.165, 1.54) is 12.8 Å². The van der Waals surface area contributed by atoms with Crippen molar-refractivity contribution in [1.29, 1.82) is 0 Å². The smallest absolute Gasteiger partial charge is 0.186 e. The first kappa shape index (κ1) is 19.8. The van der Waals surface area contributed by atoms with Gasteiger partial charge >= 0.3 is 0 Å². The van der Waals surface area contributed by atoms with Gasteiger partial charge in [0.15, 0.2) is 6.29 Å². The predicted molar refractivity (Wildman–Crippen MR) is 82.2 cm³/mol. The second kappa shape index (κ2) is 9.80. The van der Waals surface area contributed by atoms with Crippen molar-refractivity contribution in [3.05, 3.63) is 0 Å². The minimum Gasteiger partial charge on any atom is -0.394 e. The molecule has 0 aliphatic carbocycles. The SMILES string of the molecule is CC(C)CCCC(C)CCO[C@@H]1O[C@H](CO)[C@H](O)[C@H](O)[C@H]1O. The van der Waals surface area contributed by atoms with Gasteiger partial charge in [0.1, 0.15) is 24.4 Å².